The van der Waals surface area contributed by atoms with E-state index in [-0.39, 0.29) is 24.3 Å². The number of benzene rings is 2. The molecule has 2 fully saturated rings. The number of nitrogens with zero attached hydrogens (tertiary/aromatic N) is 1. The minimum atomic E-state index is -0.971. The lowest BCUT2D eigenvalue weighted by Gasteiger charge is -2.29. The van der Waals surface area contributed by atoms with Crippen LogP contribution in [-0.4, -0.2) is 78.4 Å². The van der Waals surface area contributed by atoms with Crippen molar-refractivity contribution in [2.75, 3.05) is 19.6 Å². The van der Waals surface area contributed by atoms with Gasteiger partial charge in [-0.25, -0.2) is 0 Å². The number of carbonyl (C=O) groups is 4. The van der Waals surface area contributed by atoms with Gasteiger partial charge >= 0.3 is 0 Å². The van der Waals surface area contributed by atoms with Crippen molar-refractivity contribution in [3.63, 3.8) is 0 Å². The number of nitrogens with one attached hydrogen (secondary N) is 3. The maximum atomic E-state index is 13.9. The molecule has 0 radical (unpaired) electrons. The van der Waals surface area contributed by atoms with Gasteiger partial charge in [0.25, 0.3) is 0 Å². The SMILES string of the molecule is CC(C)CC(NC(=O)C(Cc1ccccc1)NC(=O)C(N)Cc1ccccc1)C(=O)NC(CCCCN)C(=O)N1CC2CC(N)CC2C1. The fourth-order valence-electron chi connectivity index (χ4n) is 7.04. The Kier molecular flexibility index (Phi) is 14.0. The molecule has 0 spiro atoms. The van der Waals surface area contributed by atoms with Crippen LogP contribution in [0.15, 0.2) is 60.7 Å². The zero-order chi connectivity index (χ0) is 34.6. The lowest BCUT2D eigenvalue weighted by molar-refractivity contribution is -0.137. The van der Waals surface area contributed by atoms with Crippen LogP contribution in [0.2, 0.25) is 0 Å². The van der Waals surface area contributed by atoms with E-state index in [2.05, 4.69) is 16.0 Å². The summed E-state index contributed by atoms with van der Waals surface area (Å²) in [5.74, 6) is -0.605. The fraction of sp³-hybridized carbons (Fsp3) is 0.568. The van der Waals surface area contributed by atoms with Crippen LogP contribution in [0.5, 0.6) is 0 Å². The molecule has 1 aliphatic carbocycles. The molecule has 1 heterocycles. The van der Waals surface area contributed by atoms with Crippen molar-refractivity contribution in [2.45, 2.75) is 95.4 Å². The van der Waals surface area contributed by atoms with Crippen LogP contribution in [0.4, 0.5) is 0 Å². The number of fused-ring (bicyclic) bond motifs is 1. The van der Waals surface area contributed by atoms with E-state index in [0.29, 0.717) is 57.2 Å². The summed E-state index contributed by atoms with van der Waals surface area (Å²) in [6, 6.07) is 15.5. The Balaban J connectivity index is 1.46. The smallest absolute Gasteiger partial charge is 0.245 e. The Labute approximate surface area is 285 Å². The summed E-state index contributed by atoms with van der Waals surface area (Å²) >= 11 is 0. The zero-order valence-corrected chi connectivity index (χ0v) is 28.5. The second-order valence-corrected chi connectivity index (χ2v) is 14.1. The van der Waals surface area contributed by atoms with E-state index in [1.54, 1.807) is 0 Å². The average Bonchev–Trinajstić information content (AvgIpc) is 3.61. The molecule has 0 aromatic heterocycles. The van der Waals surface area contributed by atoms with Crippen molar-refractivity contribution < 1.29 is 19.2 Å². The molecule has 1 saturated carbocycles. The lowest BCUT2D eigenvalue weighted by Crippen LogP contribution is -2.58. The van der Waals surface area contributed by atoms with E-state index in [1.807, 2.05) is 79.4 Å². The molecule has 2 aromatic rings. The summed E-state index contributed by atoms with van der Waals surface area (Å²) in [5.41, 5.74) is 19.9. The summed E-state index contributed by atoms with van der Waals surface area (Å²) in [5, 5.41) is 8.76. The van der Waals surface area contributed by atoms with Gasteiger partial charge < -0.3 is 38.1 Å². The molecule has 1 aliphatic heterocycles. The van der Waals surface area contributed by atoms with Gasteiger partial charge in [0.15, 0.2) is 0 Å². The van der Waals surface area contributed by atoms with Gasteiger partial charge in [-0.1, -0.05) is 74.5 Å². The molecule has 0 bridgehead atoms. The van der Waals surface area contributed by atoms with Crippen LogP contribution in [-0.2, 0) is 32.0 Å². The predicted molar refractivity (Wildman–Crippen MR) is 187 cm³/mol. The first kappa shape index (κ1) is 37.0. The largest absolute Gasteiger partial charge is 0.343 e. The van der Waals surface area contributed by atoms with Gasteiger partial charge in [0.2, 0.25) is 23.6 Å². The Bertz CT molecular complexity index is 1330. The van der Waals surface area contributed by atoms with E-state index >= 15 is 0 Å². The standard InChI is InChI=1S/C37H55N7O4/c1-24(2)17-32(35(46)41-31(15-9-10-16-38)37(48)44-22-27-20-29(39)21-28(27)23-44)43-36(47)33(19-26-13-7-4-8-14-26)42-34(45)30(40)18-25-11-5-3-6-12-25/h3-8,11-14,24,27-33H,9-10,15-23,38-40H2,1-2H3,(H,41,46)(H,42,45)(H,43,47). The molecule has 1 saturated heterocycles. The first-order valence-corrected chi connectivity index (χ1v) is 17.5. The molecule has 6 unspecified atom stereocenters. The molecule has 9 N–H and O–H groups in total. The highest BCUT2D eigenvalue weighted by molar-refractivity contribution is 5.95. The molecule has 6 atom stereocenters. The minimum absolute atomic E-state index is 0.0658. The number of nitrogens with two attached hydrogens (primary N) is 3. The Morgan fingerprint density at radius 2 is 1.27 bits per heavy atom. The number of likely N-dealkylation sites (tertiary alicyclic amines) is 1. The molecule has 48 heavy (non-hydrogen) atoms. The first-order chi connectivity index (χ1) is 23.0. The molecule has 11 heteroatoms. The topological polar surface area (TPSA) is 186 Å². The average molecular weight is 662 g/mol. The third kappa shape index (κ3) is 10.9. The highest BCUT2D eigenvalue weighted by Gasteiger charge is 2.43. The van der Waals surface area contributed by atoms with Crippen molar-refractivity contribution in [3.8, 4) is 0 Å². The number of unbranched alkanes of at least 4 members (excludes halogenated alkanes) is 1. The van der Waals surface area contributed by atoms with Gasteiger partial charge in [-0.3, -0.25) is 19.2 Å². The molecular formula is C37H55N7O4. The van der Waals surface area contributed by atoms with Crippen molar-refractivity contribution in [1.29, 1.82) is 0 Å². The molecule has 11 nitrogen and oxygen atoms in total. The minimum Gasteiger partial charge on any atom is -0.343 e. The summed E-state index contributed by atoms with van der Waals surface area (Å²) in [6.07, 6.45) is 4.60. The molecule has 2 aromatic carbocycles. The van der Waals surface area contributed by atoms with Crippen LogP contribution < -0.4 is 33.2 Å². The van der Waals surface area contributed by atoms with Gasteiger partial charge in [-0.15, -0.1) is 0 Å². The monoisotopic (exact) mass is 661 g/mol. The third-order valence-electron chi connectivity index (χ3n) is 9.55. The first-order valence-electron chi connectivity index (χ1n) is 17.5. The number of amides is 4. The highest BCUT2D eigenvalue weighted by atomic mass is 16.2. The molecular weight excluding hydrogens is 606 g/mol. The summed E-state index contributed by atoms with van der Waals surface area (Å²) in [4.78, 5) is 56.7. The second-order valence-electron chi connectivity index (χ2n) is 14.1. The Morgan fingerprint density at radius 3 is 1.83 bits per heavy atom. The van der Waals surface area contributed by atoms with E-state index in [1.165, 1.54) is 0 Å². The van der Waals surface area contributed by atoms with E-state index in [0.717, 1.165) is 30.4 Å². The number of rotatable bonds is 17. The van der Waals surface area contributed by atoms with Crippen LogP contribution in [0.3, 0.4) is 0 Å². The van der Waals surface area contributed by atoms with Gasteiger partial charge in [-0.05, 0) is 80.4 Å². The predicted octanol–water partition coefficient (Wildman–Crippen LogP) is 1.62. The van der Waals surface area contributed by atoms with Gasteiger partial charge in [0, 0.05) is 25.6 Å². The fourth-order valence-corrected chi connectivity index (χ4v) is 7.04. The number of hydrogen-bond acceptors (Lipinski definition) is 7. The second kappa shape index (κ2) is 18.1. The maximum absolute atomic E-state index is 13.9. The van der Waals surface area contributed by atoms with Crippen molar-refractivity contribution in [2.24, 2.45) is 35.0 Å². The highest BCUT2D eigenvalue weighted by Crippen LogP contribution is 2.37. The third-order valence-corrected chi connectivity index (χ3v) is 9.55. The van der Waals surface area contributed by atoms with Crippen molar-refractivity contribution in [3.05, 3.63) is 71.8 Å². The Morgan fingerprint density at radius 1 is 0.750 bits per heavy atom. The molecule has 4 amide bonds. The maximum Gasteiger partial charge on any atom is 0.245 e. The molecule has 4 rings (SSSR count). The van der Waals surface area contributed by atoms with E-state index in [4.69, 9.17) is 17.2 Å². The lowest BCUT2D eigenvalue weighted by atomic mass is 9.99. The van der Waals surface area contributed by atoms with E-state index in [9.17, 15) is 19.2 Å². The van der Waals surface area contributed by atoms with Gasteiger partial charge in [0.1, 0.15) is 18.1 Å². The van der Waals surface area contributed by atoms with Crippen LogP contribution in [0, 0.1) is 17.8 Å². The number of carbonyl (C=O) groups excluding carboxylic acids is 4. The quantitative estimate of drug-likeness (QED) is 0.139. The zero-order valence-electron chi connectivity index (χ0n) is 28.5. The van der Waals surface area contributed by atoms with Crippen molar-refractivity contribution >= 4 is 23.6 Å². The summed E-state index contributed by atoms with van der Waals surface area (Å²) < 4.78 is 0. The molecule has 262 valence electrons. The van der Waals surface area contributed by atoms with Gasteiger partial charge in [0.05, 0.1) is 6.04 Å². The summed E-state index contributed by atoms with van der Waals surface area (Å²) in [6.45, 7) is 5.74. The van der Waals surface area contributed by atoms with Crippen LogP contribution in [0.25, 0.3) is 0 Å². The summed E-state index contributed by atoms with van der Waals surface area (Å²) in [7, 11) is 0. The normalized spacial score (nSPS) is 21.2. The molecule has 2 aliphatic rings. The van der Waals surface area contributed by atoms with E-state index < -0.39 is 41.9 Å². The Hall–Kier alpha value is -3.80. The van der Waals surface area contributed by atoms with Crippen LogP contribution >= 0.6 is 0 Å². The number of hydrogen-bond donors (Lipinski definition) is 6. The van der Waals surface area contributed by atoms with Gasteiger partial charge in [-0.2, -0.15) is 0 Å². The van der Waals surface area contributed by atoms with Crippen LogP contribution in [0.1, 0.15) is 63.5 Å². The van der Waals surface area contributed by atoms with Crippen molar-refractivity contribution in [1.82, 2.24) is 20.9 Å².